The topological polar surface area (TPSA) is 71.4 Å². The second kappa shape index (κ2) is 3.42. The average molecular weight is 230 g/mol. The largest absolute Gasteiger partial charge is 0.303 e. The van der Waals surface area contributed by atoms with Gasteiger partial charge in [0, 0.05) is 5.92 Å². The molecule has 0 aliphatic heterocycles. The van der Waals surface area contributed by atoms with Crippen molar-refractivity contribution in [2.24, 2.45) is 5.92 Å². The Hall–Kier alpha value is -0.680. The maximum absolute atomic E-state index is 11.4. The fourth-order valence-corrected chi connectivity index (χ4v) is 3.92. The van der Waals surface area contributed by atoms with Crippen LogP contribution in [-0.4, -0.2) is 24.0 Å². The monoisotopic (exact) mass is 230 g/mol. The van der Waals surface area contributed by atoms with E-state index in [1.165, 1.54) is 0 Å². The number of aldehydes is 1. The van der Waals surface area contributed by atoms with Crippen LogP contribution in [0.4, 0.5) is 0 Å². The molecule has 1 saturated carbocycles. The lowest BCUT2D eigenvalue weighted by atomic mass is 9.74. The number of carbonyl (C=O) groups excluding carboxylic acids is 1. The van der Waals surface area contributed by atoms with Gasteiger partial charge < -0.3 is 4.79 Å². The van der Waals surface area contributed by atoms with E-state index in [1.807, 2.05) is 6.08 Å². The van der Waals surface area contributed by atoms with Crippen molar-refractivity contribution in [3.63, 3.8) is 0 Å². The van der Waals surface area contributed by atoms with Crippen molar-refractivity contribution in [2.45, 2.75) is 36.9 Å². The number of rotatable bonds is 2. The SMILES string of the molecule is O=CC1C=C2CCCC(S(=O)(=O)O)(C2)C1. The van der Waals surface area contributed by atoms with Crippen molar-refractivity contribution in [2.75, 3.05) is 0 Å². The van der Waals surface area contributed by atoms with E-state index in [0.717, 1.165) is 24.7 Å². The lowest BCUT2D eigenvalue weighted by molar-refractivity contribution is -0.110. The summed E-state index contributed by atoms with van der Waals surface area (Å²) in [6.07, 6.45) is 5.35. The van der Waals surface area contributed by atoms with Crippen molar-refractivity contribution in [1.82, 2.24) is 0 Å². The maximum atomic E-state index is 11.4. The third kappa shape index (κ3) is 1.74. The Labute approximate surface area is 89.1 Å². The molecule has 0 saturated heterocycles. The quantitative estimate of drug-likeness (QED) is 0.441. The van der Waals surface area contributed by atoms with Crippen LogP contribution in [-0.2, 0) is 14.9 Å². The van der Waals surface area contributed by atoms with Gasteiger partial charge in [0.05, 0.1) is 0 Å². The van der Waals surface area contributed by atoms with Crippen LogP contribution >= 0.6 is 0 Å². The summed E-state index contributed by atoms with van der Waals surface area (Å²) < 4.78 is 31.0. The number of hydrogen-bond donors (Lipinski definition) is 1. The van der Waals surface area contributed by atoms with Gasteiger partial charge in [0.15, 0.2) is 0 Å². The minimum absolute atomic E-state index is 0.235. The van der Waals surface area contributed by atoms with Crippen LogP contribution in [0.3, 0.4) is 0 Å². The van der Waals surface area contributed by atoms with Crippen LogP contribution in [0.2, 0.25) is 0 Å². The Balaban J connectivity index is 2.43. The summed E-state index contributed by atoms with van der Waals surface area (Å²) in [7, 11) is -4.06. The minimum atomic E-state index is -4.06. The fourth-order valence-electron chi connectivity index (χ4n) is 2.75. The van der Waals surface area contributed by atoms with Gasteiger partial charge in [-0.3, -0.25) is 4.55 Å². The number of hydrogen-bond acceptors (Lipinski definition) is 3. The van der Waals surface area contributed by atoms with E-state index in [1.54, 1.807) is 0 Å². The molecule has 2 aliphatic rings. The second-order valence-electron chi connectivity index (χ2n) is 4.52. The normalized spacial score (nSPS) is 35.8. The van der Waals surface area contributed by atoms with Gasteiger partial charge in [0.25, 0.3) is 10.1 Å². The van der Waals surface area contributed by atoms with Gasteiger partial charge in [-0.25, -0.2) is 0 Å². The molecule has 2 bridgehead atoms. The summed E-state index contributed by atoms with van der Waals surface area (Å²) in [5.41, 5.74) is 1.00. The van der Waals surface area contributed by atoms with Gasteiger partial charge in [-0.2, -0.15) is 8.42 Å². The van der Waals surface area contributed by atoms with E-state index in [-0.39, 0.29) is 12.3 Å². The molecule has 0 radical (unpaired) electrons. The van der Waals surface area contributed by atoms with Crippen LogP contribution in [0.1, 0.15) is 32.1 Å². The van der Waals surface area contributed by atoms with E-state index in [2.05, 4.69) is 0 Å². The fraction of sp³-hybridized carbons (Fsp3) is 0.700. The summed E-state index contributed by atoms with van der Waals surface area (Å²) in [5.74, 6) is -0.351. The van der Waals surface area contributed by atoms with Gasteiger partial charge in [-0.15, -0.1) is 0 Å². The summed E-state index contributed by atoms with van der Waals surface area (Å²) in [5, 5.41) is 0. The molecule has 84 valence electrons. The Bertz CT molecular complexity index is 409. The highest BCUT2D eigenvalue weighted by Gasteiger charge is 2.48. The first-order valence-electron chi connectivity index (χ1n) is 5.09. The van der Waals surface area contributed by atoms with E-state index in [9.17, 15) is 17.8 Å². The van der Waals surface area contributed by atoms with E-state index >= 15 is 0 Å². The highest BCUT2D eigenvalue weighted by atomic mass is 32.2. The van der Waals surface area contributed by atoms with E-state index in [0.29, 0.717) is 12.8 Å². The van der Waals surface area contributed by atoms with Crippen LogP contribution in [0.15, 0.2) is 11.6 Å². The van der Waals surface area contributed by atoms with Gasteiger partial charge in [0.1, 0.15) is 11.0 Å². The first-order chi connectivity index (χ1) is 6.97. The zero-order valence-corrected chi connectivity index (χ0v) is 9.16. The molecule has 0 spiro atoms. The van der Waals surface area contributed by atoms with E-state index in [4.69, 9.17) is 0 Å². The van der Waals surface area contributed by atoms with Crippen LogP contribution in [0.25, 0.3) is 0 Å². The smallest absolute Gasteiger partial charge is 0.271 e. The van der Waals surface area contributed by atoms with E-state index < -0.39 is 14.9 Å². The van der Waals surface area contributed by atoms with Crippen molar-refractivity contribution in [1.29, 1.82) is 0 Å². The highest BCUT2D eigenvalue weighted by Crippen LogP contribution is 2.45. The molecule has 4 nitrogen and oxygen atoms in total. The molecule has 2 unspecified atom stereocenters. The van der Waals surface area contributed by atoms with Gasteiger partial charge in [-0.05, 0) is 32.1 Å². The molecule has 0 amide bonds. The van der Waals surface area contributed by atoms with Crippen molar-refractivity contribution >= 4 is 16.4 Å². The van der Waals surface area contributed by atoms with Crippen LogP contribution in [0.5, 0.6) is 0 Å². The molecule has 1 fully saturated rings. The zero-order valence-electron chi connectivity index (χ0n) is 8.35. The number of allylic oxidation sites excluding steroid dienone is 2. The number of fused-ring (bicyclic) bond motifs is 2. The third-order valence-corrected chi connectivity index (χ3v) is 5.07. The molecule has 0 aromatic heterocycles. The summed E-state index contributed by atoms with van der Waals surface area (Å²) in [6, 6.07) is 0. The standard InChI is InChI=1S/C10H14O4S/c11-7-9-4-8-2-1-3-10(5-8,6-9)15(12,13)14/h4,7,9H,1-3,5-6H2,(H,12,13,14). The third-order valence-electron chi connectivity index (χ3n) is 3.46. The van der Waals surface area contributed by atoms with Gasteiger partial charge >= 0.3 is 0 Å². The summed E-state index contributed by atoms with van der Waals surface area (Å²) in [4.78, 5) is 10.7. The minimum Gasteiger partial charge on any atom is -0.303 e. The lowest BCUT2D eigenvalue weighted by Crippen LogP contribution is -2.44. The second-order valence-corrected chi connectivity index (χ2v) is 6.33. The molecular formula is C10H14O4S. The Morgan fingerprint density at radius 3 is 2.87 bits per heavy atom. The molecule has 15 heavy (non-hydrogen) atoms. The van der Waals surface area contributed by atoms with Crippen molar-refractivity contribution < 1.29 is 17.8 Å². The molecule has 2 rings (SSSR count). The van der Waals surface area contributed by atoms with Crippen LogP contribution in [0, 0.1) is 5.92 Å². The van der Waals surface area contributed by atoms with Crippen LogP contribution < -0.4 is 0 Å². The average Bonchev–Trinajstić information content (AvgIpc) is 2.15. The Morgan fingerprint density at radius 1 is 1.53 bits per heavy atom. The molecule has 2 aliphatic carbocycles. The number of carbonyl (C=O) groups is 1. The Kier molecular flexibility index (Phi) is 2.47. The molecule has 0 heterocycles. The molecule has 0 aromatic carbocycles. The van der Waals surface area contributed by atoms with Gasteiger partial charge in [0.2, 0.25) is 0 Å². The lowest BCUT2D eigenvalue weighted by Gasteiger charge is -2.40. The Morgan fingerprint density at radius 2 is 2.27 bits per heavy atom. The van der Waals surface area contributed by atoms with Gasteiger partial charge in [-0.1, -0.05) is 11.6 Å². The first-order valence-corrected chi connectivity index (χ1v) is 6.53. The molecule has 2 atom stereocenters. The van der Waals surface area contributed by atoms with Crippen molar-refractivity contribution in [3.05, 3.63) is 11.6 Å². The molecule has 5 heteroatoms. The molecule has 0 aromatic rings. The zero-order chi connectivity index (χ0) is 11.1. The molecular weight excluding hydrogens is 216 g/mol. The molecule has 1 N–H and O–H groups in total. The summed E-state index contributed by atoms with van der Waals surface area (Å²) in [6.45, 7) is 0. The van der Waals surface area contributed by atoms with Crippen molar-refractivity contribution in [3.8, 4) is 0 Å². The predicted octanol–water partition coefficient (Wildman–Crippen LogP) is 1.33. The first kappa shape index (κ1) is 10.8. The predicted molar refractivity (Wildman–Crippen MR) is 55.0 cm³/mol. The highest BCUT2D eigenvalue weighted by molar-refractivity contribution is 7.87. The maximum Gasteiger partial charge on any atom is 0.271 e. The summed E-state index contributed by atoms with van der Waals surface area (Å²) >= 11 is 0.